The predicted octanol–water partition coefficient (Wildman–Crippen LogP) is 3.25. The van der Waals surface area contributed by atoms with Gasteiger partial charge >= 0.3 is 0 Å². The number of rotatable bonds is 5. The normalized spacial score (nSPS) is 29.7. The molecule has 0 radical (unpaired) electrons. The molecule has 4 rings (SSSR count). The van der Waals surface area contributed by atoms with Crippen molar-refractivity contribution in [2.24, 2.45) is 11.8 Å². The fourth-order valence-electron chi connectivity index (χ4n) is 5.01. The topological polar surface area (TPSA) is 43.8 Å². The van der Waals surface area contributed by atoms with Crippen LogP contribution in [0.3, 0.4) is 0 Å². The monoisotopic (exact) mass is 388 g/mol. The molecule has 1 aromatic carbocycles. The van der Waals surface area contributed by atoms with E-state index in [-0.39, 0.29) is 11.8 Å². The second-order valence-corrected chi connectivity index (χ2v) is 9.70. The molecule has 27 heavy (non-hydrogen) atoms. The largest absolute Gasteiger partial charge is 0.389 e. The van der Waals surface area contributed by atoms with Crippen LogP contribution in [0.25, 0.3) is 0 Å². The second kappa shape index (κ2) is 8.54. The molecule has 2 atom stereocenters. The lowest BCUT2D eigenvalue weighted by molar-refractivity contribution is -0.150. The maximum atomic E-state index is 12.8. The fourth-order valence-corrected chi connectivity index (χ4v) is 5.95. The number of carbonyl (C=O) groups is 1. The van der Waals surface area contributed by atoms with Gasteiger partial charge in [0.25, 0.3) is 0 Å². The highest BCUT2D eigenvalue weighted by Gasteiger charge is 2.46. The smallest absolute Gasteiger partial charge is 0.225 e. The van der Waals surface area contributed by atoms with E-state index in [1.807, 2.05) is 11.8 Å². The third kappa shape index (κ3) is 4.52. The number of hydrogen-bond donors (Lipinski definition) is 1. The molecule has 0 unspecified atom stereocenters. The van der Waals surface area contributed by atoms with Gasteiger partial charge < -0.3 is 14.9 Å². The van der Waals surface area contributed by atoms with E-state index in [0.29, 0.717) is 5.91 Å². The first kappa shape index (κ1) is 19.3. The number of nitrogens with zero attached hydrogens (tertiary/aromatic N) is 2. The molecule has 0 bridgehead atoms. The van der Waals surface area contributed by atoms with Crippen molar-refractivity contribution in [3.05, 3.63) is 30.3 Å². The average Bonchev–Trinajstić information content (AvgIpc) is 3.23. The van der Waals surface area contributed by atoms with Crippen molar-refractivity contribution in [1.29, 1.82) is 0 Å². The third-order valence-electron chi connectivity index (χ3n) is 6.79. The summed E-state index contributed by atoms with van der Waals surface area (Å²) in [6.07, 6.45) is 6.12. The molecular formula is C22H32N2O2S. The highest BCUT2D eigenvalue weighted by atomic mass is 32.2. The van der Waals surface area contributed by atoms with Gasteiger partial charge in [0, 0.05) is 55.2 Å². The number of amides is 1. The predicted molar refractivity (Wildman–Crippen MR) is 110 cm³/mol. The summed E-state index contributed by atoms with van der Waals surface area (Å²) in [6.45, 7) is 4.42. The Labute approximate surface area is 167 Å². The number of aliphatic hydroxyl groups is 1. The van der Waals surface area contributed by atoms with Gasteiger partial charge in [-0.25, -0.2) is 0 Å². The molecular weight excluding hydrogens is 356 g/mol. The maximum Gasteiger partial charge on any atom is 0.225 e. The van der Waals surface area contributed by atoms with Crippen LogP contribution < -0.4 is 0 Å². The van der Waals surface area contributed by atoms with Crippen LogP contribution in [0, 0.1) is 11.8 Å². The molecule has 0 aromatic heterocycles. The molecule has 5 heteroatoms. The number of likely N-dealkylation sites (tertiary alicyclic amines) is 2. The van der Waals surface area contributed by atoms with Crippen LogP contribution in [0.5, 0.6) is 0 Å². The Morgan fingerprint density at radius 1 is 1.11 bits per heavy atom. The fraction of sp³-hybridized carbons (Fsp3) is 0.682. The molecule has 1 saturated carbocycles. The molecule has 1 aliphatic carbocycles. The van der Waals surface area contributed by atoms with Crippen molar-refractivity contribution in [1.82, 2.24) is 9.80 Å². The first-order chi connectivity index (χ1) is 13.1. The quantitative estimate of drug-likeness (QED) is 0.787. The second-order valence-electron chi connectivity index (χ2n) is 8.53. The third-order valence-corrected chi connectivity index (χ3v) is 7.78. The molecule has 1 aromatic rings. The van der Waals surface area contributed by atoms with Crippen molar-refractivity contribution >= 4 is 17.7 Å². The zero-order valence-electron chi connectivity index (χ0n) is 16.2. The van der Waals surface area contributed by atoms with Crippen LogP contribution in [-0.4, -0.2) is 64.9 Å². The minimum atomic E-state index is -0.560. The van der Waals surface area contributed by atoms with Crippen molar-refractivity contribution in [3.8, 4) is 0 Å². The highest BCUT2D eigenvalue weighted by Crippen LogP contribution is 2.37. The summed E-state index contributed by atoms with van der Waals surface area (Å²) in [5, 5.41) is 11.1. The van der Waals surface area contributed by atoms with E-state index in [4.69, 9.17) is 0 Å². The lowest BCUT2D eigenvalue weighted by Gasteiger charge is -2.50. The van der Waals surface area contributed by atoms with Gasteiger partial charge in [-0.05, 0) is 37.8 Å². The van der Waals surface area contributed by atoms with Gasteiger partial charge in [-0.15, -0.1) is 11.8 Å². The van der Waals surface area contributed by atoms with E-state index >= 15 is 0 Å². The Morgan fingerprint density at radius 3 is 2.63 bits per heavy atom. The summed E-state index contributed by atoms with van der Waals surface area (Å²) >= 11 is 1.90. The molecule has 3 fully saturated rings. The van der Waals surface area contributed by atoms with E-state index in [1.54, 1.807) is 0 Å². The summed E-state index contributed by atoms with van der Waals surface area (Å²) < 4.78 is 0. The average molecular weight is 389 g/mol. The van der Waals surface area contributed by atoms with E-state index in [2.05, 4.69) is 40.1 Å². The molecule has 3 aliphatic rings. The van der Waals surface area contributed by atoms with Gasteiger partial charge in [0.15, 0.2) is 0 Å². The minimum Gasteiger partial charge on any atom is -0.389 e. The van der Waals surface area contributed by atoms with Gasteiger partial charge in [0.1, 0.15) is 0 Å². The SMILES string of the molecule is O=C(C1CCCC1)N1CC[C@@]2(O)CCN(CCSc3ccccc3)C[C@H]2C1. The summed E-state index contributed by atoms with van der Waals surface area (Å²) in [4.78, 5) is 18.7. The molecule has 2 heterocycles. The zero-order valence-corrected chi connectivity index (χ0v) is 17.0. The standard InChI is InChI=1S/C22H32N2O2S/c25-21(18-6-4-5-7-18)24-13-11-22(26)10-12-23(16-19(22)17-24)14-15-27-20-8-2-1-3-9-20/h1-3,8-9,18-19,26H,4-7,10-17H2/t19-,22-/m0/s1. The number of thioether (sulfide) groups is 1. The molecule has 2 aliphatic heterocycles. The Bertz CT molecular complexity index is 634. The van der Waals surface area contributed by atoms with E-state index in [0.717, 1.165) is 64.2 Å². The van der Waals surface area contributed by atoms with Crippen LogP contribution in [0.15, 0.2) is 35.2 Å². The summed E-state index contributed by atoms with van der Waals surface area (Å²) in [5.74, 6) is 1.87. The zero-order chi connectivity index (χ0) is 18.7. The van der Waals surface area contributed by atoms with Gasteiger partial charge in [-0.3, -0.25) is 4.79 Å². The van der Waals surface area contributed by atoms with Gasteiger partial charge in [-0.2, -0.15) is 0 Å². The molecule has 2 saturated heterocycles. The van der Waals surface area contributed by atoms with Crippen LogP contribution in [0.2, 0.25) is 0 Å². The number of piperidine rings is 2. The van der Waals surface area contributed by atoms with Crippen LogP contribution in [0.1, 0.15) is 38.5 Å². The van der Waals surface area contributed by atoms with Gasteiger partial charge in [0.2, 0.25) is 5.91 Å². The van der Waals surface area contributed by atoms with Crippen molar-refractivity contribution < 1.29 is 9.90 Å². The van der Waals surface area contributed by atoms with Gasteiger partial charge in [-0.1, -0.05) is 31.0 Å². The van der Waals surface area contributed by atoms with E-state index in [9.17, 15) is 9.90 Å². The molecule has 1 N–H and O–H groups in total. The van der Waals surface area contributed by atoms with Crippen LogP contribution in [-0.2, 0) is 4.79 Å². The Kier molecular flexibility index (Phi) is 6.10. The summed E-state index contributed by atoms with van der Waals surface area (Å²) in [6, 6.07) is 10.5. The molecule has 1 amide bonds. The highest BCUT2D eigenvalue weighted by molar-refractivity contribution is 7.99. The number of benzene rings is 1. The maximum absolute atomic E-state index is 12.8. The molecule has 148 valence electrons. The molecule has 0 spiro atoms. The van der Waals surface area contributed by atoms with Gasteiger partial charge in [0.05, 0.1) is 5.60 Å². The molecule has 4 nitrogen and oxygen atoms in total. The minimum absolute atomic E-state index is 0.201. The number of fused-ring (bicyclic) bond motifs is 1. The van der Waals surface area contributed by atoms with Crippen molar-refractivity contribution in [2.75, 3.05) is 38.5 Å². The van der Waals surface area contributed by atoms with Crippen molar-refractivity contribution in [2.45, 2.75) is 49.0 Å². The lowest BCUT2D eigenvalue weighted by Crippen LogP contribution is -2.61. The number of hydrogen-bond acceptors (Lipinski definition) is 4. The summed E-state index contributed by atoms with van der Waals surface area (Å²) in [7, 11) is 0. The Hall–Kier alpha value is -1.04. The van der Waals surface area contributed by atoms with E-state index in [1.165, 1.54) is 17.7 Å². The van der Waals surface area contributed by atoms with Crippen LogP contribution in [0.4, 0.5) is 0 Å². The Balaban J connectivity index is 1.29. The van der Waals surface area contributed by atoms with Crippen LogP contribution >= 0.6 is 11.8 Å². The number of carbonyl (C=O) groups excluding carboxylic acids is 1. The van der Waals surface area contributed by atoms with E-state index < -0.39 is 5.60 Å². The summed E-state index contributed by atoms with van der Waals surface area (Å²) in [5.41, 5.74) is -0.560. The lowest BCUT2D eigenvalue weighted by atomic mass is 9.75. The Morgan fingerprint density at radius 2 is 1.85 bits per heavy atom. The van der Waals surface area contributed by atoms with Crippen molar-refractivity contribution in [3.63, 3.8) is 0 Å². The first-order valence-electron chi connectivity index (χ1n) is 10.6. The first-order valence-corrected chi connectivity index (χ1v) is 11.5.